The van der Waals surface area contributed by atoms with E-state index in [1.54, 1.807) is 12.1 Å². The van der Waals surface area contributed by atoms with E-state index < -0.39 is 10.1 Å². The highest BCUT2D eigenvalue weighted by Gasteiger charge is 2.14. The van der Waals surface area contributed by atoms with Crippen LogP contribution in [-0.4, -0.2) is 27.7 Å². The summed E-state index contributed by atoms with van der Waals surface area (Å²) in [6.45, 7) is 2.29. The molecule has 0 aliphatic heterocycles. The first-order chi connectivity index (χ1) is 12.0. The molecule has 0 spiro atoms. The molecule has 132 valence electrons. The van der Waals surface area contributed by atoms with Crippen LogP contribution in [0.2, 0.25) is 0 Å². The van der Waals surface area contributed by atoms with Crippen molar-refractivity contribution in [1.29, 1.82) is 0 Å². The smallest absolute Gasteiger partial charge is 0.296 e. The summed E-state index contributed by atoms with van der Waals surface area (Å²) in [6.07, 6.45) is 6.22. The van der Waals surface area contributed by atoms with Crippen LogP contribution in [0, 0.1) is 19.3 Å². The van der Waals surface area contributed by atoms with Crippen molar-refractivity contribution in [2.24, 2.45) is 0 Å². The lowest BCUT2D eigenvalue weighted by molar-refractivity contribution is 0.0819. The van der Waals surface area contributed by atoms with Crippen LogP contribution in [0.4, 0.5) is 0 Å². The van der Waals surface area contributed by atoms with E-state index in [0.29, 0.717) is 19.4 Å². The molecule has 0 aromatic heterocycles. The van der Waals surface area contributed by atoms with Crippen LogP contribution in [0.15, 0.2) is 59.5 Å². The molecular formula is C20H22O4S. The van der Waals surface area contributed by atoms with Gasteiger partial charge in [0.2, 0.25) is 0 Å². The summed E-state index contributed by atoms with van der Waals surface area (Å²) < 4.78 is 34.7. The van der Waals surface area contributed by atoms with Gasteiger partial charge in [0.15, 0.2) is 0 Å². The molecule has 0 saturated heterocycles. The molecule has 0 fully saturated rings. The van der Waals surface area contributed by atoms with E-state index in [4.69, 9.17) is 15.3 Å². The summed E-state index contributed by atoms with van der Waals surface area (Å²) in [4.78, 5) is 0.157. The zero-order valence-electron chi connectivity index (χ0n) is 14.2. The summed E-state index contributed by atoms with van der Waals surface area (Å²) in [7, 11) is -3.73. The summed E-state index contributed by atoms with van der Waals surface area (Å²) in [5.41, 5.74) is 2.09. The zero-order chi connectivity index (χ0) is 18.1. The molecule has 0 saturated carbocycles. The molecule has 0 aliphatic rings. The van der Waals surface area contributed by atoms with Crippen molar-refractivity contribution in [1.82, 2.24) is 0 Å². The molecule has 0 amide bonds. The third kappa shape index (κ3) is 6.35. The van der Waals surface area contributed by atoms with Gasteiger partial charge in [-0.05, 0) is 31.0 Å². The minimum absolute atomic E-state index is 0.0544. The van der Waals surface area contributed by atoms with Crippen molar-refractivity contribution in [3.8, 4) is 12.3 Å². The second-order valence-corrected chi connectivity index (χ2v) is 7.27. The van der Waals surface area contributed by atoms with E-state index in [0.717, 1.165) is 11.1 Å². The van der Waals surface area contributed by atoms with Crippen molar-refractivity contribution >= 4 is 10.1 Å². The van der Waals surface area contributed by atoms with Crippen LogP contribution in [0.1, 0.15) is 17.5 Å². The summed E-state index contributed by atoms with van der Waals surface area (Å²) in [6, 6.07) is 16.4. The van der Waals surface area contributed by atoms with Crippen LogP contribution < -0.4 is 0 Å². The molecule has 0 aliphatic carbocycles. The minimum atomic E-state index is -3.73. The Balaban J connectivity index is 1.73. The normalized spacial score (nSPS) is 12.5. The Kier molecular flexibility index (Phi) is 7.20. The highest BCUT2D eigenvalue weighted by molar-refractivity contribution is 7.86. The standard InChI is InChI=1S/C20H22O4S/c1-3-19(16-18-8-5-4-6-9-18)23-14-7-15-24-25(21,22)20-12-10-17(2)11-13-20/h1,4-6,8-13,19H,7,14-16H2,2H3. The van der Waals surface area contributed by atoms with Gasteiger partial charge in [0.1, 0.15) is 6.10 Å². The average molecular weight is 358 g/mol. The summed E-state index contributed by atoms with van der Waals surface area (Å²) >= 11 is 0. The molecule has 0 N–H and O–H groups in total. The van der Waals surface area contributed by atoms with Crippen LogP contribution >= 0.6 is 0 Å². The molecule has 2 aromatic rings. The van der Waals surface area contributed by atoms with Gasteiger partial charge in [0, 0.05) is 6.42 Å². The van der Waals surface area contributed by atoms with Gasteiger partial charge in [-0.15, -0.1) is 6.42 Å². The van der Waals surface area contributed by atoms with E-state index in [1.165, 1.54) is 12.1 Å². The predicted molar refractivity (Wildman–Crippen MR) is 97.7 cm³/mol. The molecule has 0 heterocycles. The van der Waals surface area contributed by atoms with Crippen LogP contribution in [0.5, 0.6) is 0 Å². The Bertz CT molecular complexity index is 790. The Morgan fingerprint density at radius 1 is 1.04 bits per heavy atom. The predicted octanol–water partition coefficient (Wildman–Crippen LogP) is 3.35. The molecule has 1 atom stereocenters. The fourth-order valence-corrected chi connectivity index (χ4v) is 3.16. The number of aryl methyl sites for hydroxylation is 1. The highest BCUT2D eigenvalue weighted by atomic mass is 32.2. The quantitative estimate of drug-likeness (QED) is 0.392. The topological polar surface area (TPSA) is 52.6 Å². The maximum Gasteiger partial charge on any atom is 0.296 e. The monoisotopic (exact) mass is 358 g/mol. The average Bonchev–Trinajstić information content (AvgIpc) is 2.61. The lowest BCUT2D eigenvalue weighted by Crippen LogP contribution is -2.16. The van der Waals surface area contributed by atoms with Gasteiger partial charge in [-0.3, -0.25) is 4.18 Å². The molecule has 2 rings (SSSR count). The van der Waals surface area contributed by atoms with Crippen LogP contribution in [0.3, 0.4) is 0 Å². The van der Waals surface area contributed by atoms with Gasteiger partial charge in [-0.25, -0.2) is 0 Å². The Labute approximate surface area is 149 Å². The second-order valence-electron chi connectivity index (χ2n) is 5.66. The van der Waals surface area contributed by atoms with E-state index in [-0.39, 0.29) is 17.6 Å². The molecule has 2 aromatic carbocycles. The van der Waals surface area contributed by atoms with Crippen molar-refractivity contribution in [2.75, 3.05) is 13.2 Å². The van der Waals surface area contributed by atoms with E-state index in [1.807, 2.05) is 37.3 Å². The Morgan fingerprint density at radius 2 is 1.72 bits per heavy atom. The second kappa shape index (κ2) is 9.38. The molecule has 1 unspecified atom stereocenters. The number of hydrogen-bond donors (Lipinski definition) is 0. The number of hydrogen-bond acceptors (Lipinski definition) is 4. The van der Waals surface area contributed by atoms with E-state index >= 15 is 0 Å². The van der Waals surface area contributed by atoms with Crippen LogP contribution in [-0.2, 0) is 25.5 Å². The number of terminal acetylenes is 1. The number of ether oxygens (including phenoxy) is 1. The van der Waals surface area contributed by atoms with Crippen molar-refractivity contribution < 1.29 is 17.3 Å². The first-order valence-corrected chi connectivity index (χ1v) is 9.50. The highest BCUT2D eigenvalue weighted by Crippen LogP contribution is 2.13. The largest absolute Gasteiger partial charge is 0.365 e. The van der Waals surface area contributed by atoms with Gasteiger partial charge in [0.25, 0.3) is 10.1 Å². The maximum atomic E-state index is 12.0. The molecule has 0 bridgehead atoms. The first kappa shape index (κ1) is 19.2. The maximum absolute atomic E-state index is 12.0. The molecule has 5 heteroatoms. The fourth-order valence-electron chi connectivity index (χ4n) is 2.22. The summed E-state index contributed by atoms with van der Waals surface area (Å²) in [5.74, 6) is 2.61. The number of benzene rings is 2. The SMILES string of the molecule is C#CC(Cc1ccccc1)OCCCOS(=O)(=O)c1ccc(C)cc1. The first-order valence-electron chi connectivity index (χ1n) is 8.09. The lowest BCUT2D eigenvalue weighted by atomic mass is 10.1. The third-order valence-electron chi connectivity index (χ3n) is 3.61. The third-order valence-corrected chi connectivity index (χ3v) is 4.93. The fraction of sp³-hybridized carbons (Fsp3) is 0.300. The van der Waals surface area contributed by atoms with Gasteiger partial charge in [0.05, 0.1) is 18.1 Å². The van der Waals surface area contributed by atoms with Gasteiger partial charge >= 0.3 is 0 Å². The van der Waals surface area contributed by atoms with Crippen molar-refractivity contribution in [3.05, 3.63) is 65.7 Å². The van der Waals surface area contributed by atoms with E-state index in [9.17, 15) is 8.42 Å². The Morgan fingerprint density at radius 3 is 2.36 bits per heavy atom. The zero-order valence-corrected chi connectivity index (χ0v) is 15.0. The molecule has 25 heavy (non-hydrogen) atoms. The van der Waals surface area contributed by atoms with Gasteiger partial charge in [-0.2, -0.15) is 8.42 Å². The van der Waals surface area contributed by atoms with Gasteiger partial charge in [-0.1, -0.05) is 53.9 Å². The molecule has 0 radical (unpaired) electrons. The Hall–Kier alpha value is -2.13. The van der Waals surface area contributed by atoms with E-state index in [2.05, 4.69) is 5.92 Å². The minimum Gasteiger partial charge on any atom is -0.365 e. The number of rotatable bonds is 9. The van der Waals surface area contributed by atoms with Crippen molar-refractivity contribution in [3.63, 3.8) is 0 Å². The molecular weight excluding hydrogens is 336 g/mol. The lowest BCUT2D eigenvalue weighted by Gasteiger charge is -2.12. The van der Waals surface area contributed by atoms with Crippen LogP contribution in [0.25, 0.3) is 0 Å². The van der Waals surface area contributed by atoms with Crippen molar-refractivity contribution in [2.45, 2.75) is 30.8 Å². The molecule has 4 nitrogen and oxygen atoms in total. The van der Waals surface area contributed by atoms with Gasteiger partial charge < -0.3 is 4.74 Å². The summed E-state index contributed by atoms with van der Waals surface area (Å²) in [5, 5.41) is 0.